The van der Waals surface area contributed by atoms with Gasteiger partial charge in [-0.15, -0.1) is 0 Å². The first-order valence-corrected chi connectivity index (χ1v) is 21.4. The van der Waals surface area contributed by atoms with E-state index >= 15 is 0 Å². The van der Waals surface area contributed by atoms with E-state index < -0.39 is 0 Å². The average Bonchev–Trinajstić information content (AvgIpc) is 3.28. The van der Waals surface area contributed by atoms with Gasteiger partial charge in [0.05, 0.1) is 34.5 Å². The molecule has 0 amide bonds. The van der Waals surface area contributed by atoms with E-state index in [1.807, 2.05) is 12.1 Å². The summed E-state index contributed by atoms with van der Waals surface area (Å²) in [6.07, 6.45) is 23.8. The maximum absolute atomic E-state index is 5.33. The normalized spacial score (nSPS) is 21.4. The molecule has 0 fully saturated rings. The molecule has 2 heterocycles. The third-order valence-corrected chi connectivity index (χ3v) is 11.7. The van der Waals surface area contributed by atoms with Crippen LogP contribution in [0.5, 0.6) is 0 Å². The Balaban J connectivity index is 1.11. The molecule has 4 aromatic carbocycles. The van der Waals surface area contributed by atoms with E-state index in [9.17, 15) is 0 Å². The van der Waals surface area contributed by atoms with Crippen molar-refractivity contribution >= 4 is 51.5 Å². The van der Waals surface area contributed by atoms with E-state index in [4.69, 9.17) is 29.9 Å². The van der Waals surface area contributed by atoms with Crippen LogP contribution in [0.25, 0.3) is 22.5 Å². The molecular weight excluding hydrogens is 737 g/mol. The number of allylic oxidation sites excluding steroid dienone is 5. The molecule has 296 valence electrons. The van der Waals surface area contributed by atoms with Gasteiger partial charge >= 0.3 is 0 Å². The number of hydrogen-bond acceptors (Lipinski definition) is 8. The lowest BCUT2D eigenvalue weighted by Gasteiger charge is -2.33. The molecule has 0 saturated heterocycles. The lowest BCUT2D eigenvalue weighted by molar-refractivity contribution is 0.436. The molecule has 12 bridgehead atoms. The molecule has 1 N–H and O–H groups in total. The van der Waals surface area contributed by atoms with Gasteiger partial charge in [0.25, 0.3) is 0 Å². The minimum absolute atomic E-state index is 0.106. The van der Waals surface area contributed by atoms with Crippen molar-refractivity contribution in [3.8, 4) is 22.5 Å². The molecule has 3 unspecified atom stereocenters. The Labute approximate surface area is 352 Å². The summed E-state index contributed by atoms with van der Waals surface area (Å²) in [7, 11) is 0. The van der Waals surface area contributed by atoms with Crippen molar-refractivity contribution < 1.29 is 0 Å². The van der Waals surface area contributed by atoms with Crippen molar-refractivity contribution in [3.63, 3.8) is 0 Å². The van der Waals surface area contributed by atoms with Crippen molar-refractivity contribution in [2.24, 2.45) is 20.0 Å². The number of rotatable bonds is 3. The highest BCUT2D eigenvalue weighted by atomic mass is 15.3. The Morgan fingerprint density at radius 3 is 1.90 bits per heavy atom. The number of hydrogen-bond donors (Lipinski definition) is 1. The van der Waals surface area contributed by atoms with Gasteiger partial charge in [0, 0.05) is 83.1 Å². The summed E-state index contributed by atoms with van der Waals surface area (Å²) in [5.74, 6) is 0.623. The molecule has 8 heteroatoms. The zero-order valence-electron chi connectivity index (χ0n) is 33.7. The van der Waals surface area contributed by atoms with Crippen LogP contribution in [-0.2, 0) is 0 Å². The Kier molecular flexibility index (Phi) is 10.8. The van der Waals surface area contributed by atoms with E-state index in [1.54, 1.807) is 0 Å². The van der Waals surface area contributed by atoms with Crippen molar-refractivity contribution in [1.29, 1.82) is 0 Å². The Bertz CT molecular complexity index is 2570. The second-order valence-electron chi connectivity index (χ2n) is 16.2. The number of fused-ring (bicyclic) bond motifs is 11. The van der Waals surface area contributed by atoms with Gasteiger partial charge < -0.3 is 10.2 Å². The summed E-state index contributed by atoms with van der Waals surface area (Å²) in [5, 5.41) is 3.95. The highest BCUT2D eigenvalue weighted by Crippen LogP contribution is 2.36. The lowest BCUT2D eigenvalue weighted by atomic mass is 9.94. The van der Waals surface area contributed by atoms with Gasteiger partial charge in [0.1, 0.15) is 0 Å². The Morgan fingerprint density at radius 2 is 1.18 bits per heavy atom. The molecule has 10 rings (SSSR count). The predicted octanol–water partition coefficient (Wildman–Crippen LogP) is 12.1. The van der Waals surface area contributed by atoms with Crippen LogP contribution < -0.4 is 10.2 Å². The second kappa shape index (κ2) is 17.3. The zero-order chi connectivity index (χ0) is 40.1. The van der Waals surface area contributed by atoms with E-state index in [0.717, 1.165) is 125 Å². The molecular formula is C52H48N8. The quantitative estimate of drug-likeness (QED) is 0.184. The van der Waals surface area contributed by atoms with Gasteiger partial charge in [-0.2, -0.15) is 0 Å². The van der Waals surface area contributed by atoms with Crippen molar-refractivity contribution in [2.75, 3.05) is 4.90 Å². The standard InChI is InChI=1S/C52H48N8/c1-3-13-36(14-4-1)50-35-51(37-15-5-2-6-16-37)59-52(58-50)60-48-27-11-25-46(33-48)56-44-23-9-21-42(31-44)54-40-19-7-17-38(29-40)53-39-18-8-20-41(30-39)55-43-22-10-24-45(32-43)57-47-26-12-28-49(60)34-47/h1-9,11-16,19-21,23,26-28,31-32,34-35,38-39,48,53H,10,17-18,22,24-25,29-30,33H2. The van der Waals surface area contributed by atoms with Gasteiger partial charge in [-0.1, -0.05) is 97.1 Å². The van der Waals surface area contributed by atoms with E-state index in [1.165, 1.54) is 0 Å². The molecule has 5 aromatic rings. The summed E-state index contributed by atoms with van der Waals surface area (Å²) in [4.78, 5) is 33.8. The first-order chi connectivity index (χ1) is 29.6. The number of aliphatic imine (C=N–C) groups is 4. The van der Waals surface area contributed by atoms with E-state index in [0.29, 0.717) is 24.5 Å². The molecule has 1 aliphatic heterocycles. The number of aromatic nitrogens is 2. The average molecular weight is 785 g/mol. The molecule has 0 spiro atoms. The number of benzene rings is 4. The van der Waals surface area contributed by atoms with E-state index in [-0.39, 0.29) is 6.04 Å². The fraction of sp³-hybridized carbons (Fsp3) is 0.231. The maximum atomic E-state index is 5.33. The van der Waals surface area contributed by atoms with Crippen molar-refractivity contribution in [2.45, 2.75) is 75.9 Å². The molecule has 0 saturated carbocycles. The van der Waals surface area contributed by atoms with Crippen molar-refractivity contribution in [1.82, 2.24) is 15.3 Å². The first-order valence-electron chi connectivity index (χ1n) is 21.4. The van der Waals surface area contributed by atoms with Crippen LogP contribution in [0, 0.1) is 0 Å². The molecule has 5 aliphatic rings. The predicted molar refractivity (Wildman–Crippen MR) is 248 cm³/mol. The maximum Gasteiger partial charge on any atom is 0.231 e. The van der Waals surface area contributed by atoms with Gasteiger partial charge in [-0.25, -0.2) is 9.97 Å². The topological polar surface area (TPSA) is 90.5 Å². The summed E-state index contributed by atoms with van der Waals surface area (Å²) in [6, 6.07) is 40.2. The third kappa shape index (κ3) is 8.84. The van der Waals surface area contributed by atoms with Crippen LogP contribution in [0.1, 0.15) is 57.8 Å². The van der Waals surface area contributed by atoms with E-state index in [2.05, 4.69) is 156 Å². The zero-order valence-corrected chi connectivity index (χ0v) is 33.7. The van der Waals surface area contributed by atoms with Crippen LogP contribution in [0.2, 0.25) is 0 Å². The van der Waals surface area contributed by atoms with Gasteiger partial charge in [-0.05, 0) is 92.8 Å². The largest absolute Gasteiger partial charge is 0.310 e. The molecule has 0 radical (unpaired) electrons. The number of anilines is 2. The lowest BCUT2D eigenvalue weighted by Crippen LogP contribution is -2.42. The molecule has 60 heavy (non-hydrogen) atoms. The molecule has 3 atom stereocenters. The van der Waals surface area contributed by atoms with Crippen LogP contribution in [-0.4, -0.2) is 50.9 Å². The number of nitrogens with one attached hydrogen (secondary N) is 1. The Morgan fingerprint density at radius 1 is 0.550 bits per heavy atom. The second-order valence-corrected chi connectivity index (χ2v) is 16.2. The molecule has 8 nitrogen and oxygen atoms in total. The highest BCUT2D eigenvalue weighted by Gasteiger charge is 2.27. The summed E-state index contributed by atoms with van der Waals surface area (Å²) in [6.45, 7) is 0. The SMILES string of the molecule is C1=CC2CC(=Nc3cccc(c3)N=C3C=CCC(C3)NC3CC=CC(=NC4=CC(=Nc5cccc(c5)N2c2nc(-c5ccccc5)cc(-c5ccccc5)n2)CCC4)C3)C1. The summed E-state index contributed by atoms with van der Waals surface area (Å²) in [5.41, 5.74) is 12.9. The third-order valence-electron chi connectivity index (χ3n) is 11.7. The van der Waals surface area contributed by atoms with Gasteiger partial charge in [-0.3, -0.25) is 20.0 Å². The Hall–Kier alpha value is -6.64. The van der Waals surface area contributed by atoms with Crippen LogP contribution >= 0.6 is 0 Å². The summed E-state index contributed by atoms with van der Waals surface area (Å²) >= 11 is 0. The monoisotopic (exact) mass is 784 g/mol. The molecule has 1 aromatic heterocycles. The fourth-order valence-corrected chi connectivity index (χ4v) is 8.84. The first kappa shape index (κ1) is 37.6. The van der Waals surface area contributed by atoms with Crippen LogP contribution in [0.4, 0.5) is 28.7 Å². The van der Waals surface area contributed by atoms with Crippen molar-refractivity contribution in [3.05, 3.63) is 163 Å². The highest BCUT2D eigenvalue weighted by molar-refractivity contribution is 6.01. The minimum Gasteiger partial charge on any atom is -0.310 e. The molecule has 4 aliphatic carbocycles. The van der Waals surface area contributed by atoms with Crippen LogP contribution in [0.15, 0.2) is 183 Å². The number of nitrogens with zero attached hydrogens (tertiary/aromatic N) is 7. The minimum atomic E-state index is -0.106. The smallest absolute Gasteiger partial charge is 0.231 e. The van der Waals surface area contributed by atoms with Crippen LogP contribution in [0.3, 0.4) is 0 Å². The fourth-order valence-electron chi connectivity index (χ4n) is 8.84. The van der Waals surface area contributed by atoms with Gasteiger partial charge in [0.15, 0.2) is 0 Å². The summed E-state index contributed by atoms with van der Waals surface area (Å²) < 4.78 is 0. The van der Waals surface area contributed by atoms with Gasteiger partial charge in [0.2, 0.25) is 5.95 Å².